The molecular weight excluding hydrogens is 264 g/mol. The first kappa shape index (κ1) is 14.3. The highest BCUT2D eigenvalue weighted by molar-refractivity contribution is 5.83. The van der Waals surface area contributed by atoms with Gasteiger partial charge in [0.1, 0.15) is 24.2 Å². The van der Waals surface area contributed by atoms with Crippen molar-refractivity contribution in [2.75, 3.05) is 6.61 Å². The Morgan fingerprint density at radius 1 is 1.24 bits per heavy atom. The second kappa shape index (κ2) is 6.44. The van der Waals surface area contributed by atoms with E-state index in [2.05, 4.69) is 6.08 Å². The first-order valence-corrected chi connectivity index (χ1v) is 7.81. The fourth-order valence-corrected chi connectivity index (χ4v) is 3.67. The maximum absolute atomic E-state index is 11.7. The van der Waals surface area contributed by atoms with Gasteiger partial charge in [0.15, 0.2) is 0 Å². The molecule has 4 atom stereocenters. The second-order valence-corrected chi connectivity index (χ2v) is 6.09. The van der Waals surface area contributed by atoms with Crippen molar-refractivity contribution in [3.63, 3.8) is 0 Å². The molecule has 2 fully saturated rings. The van der Waals surface area contributed by atoms with Gasteiger partial charge in [0.2, 0.25) is 0 Å². The highest BCUT2D eigenvalue weighted by atomic mass is 16.5. The van der Waals surface area contributed by atoms with Crippen LogP contribution in [0, 0.1) is 17.8 Å². The monoisotopic (exact) mass is 286 g/mol. The lowest BCUT2D eigenvalue weighted by Gasteiger charge is -2.14. The van der Waals surface area contributed by atoms with Crippen molar-refractivity contribution in [2.24, 2.45) is 17.8 Å². The average Bonchev–Trinajstić information content (AvgIpc) is 3.08. The van der Waals surface area contributed by atoms with Crippen molar-refractivity contribution in [3.8, 4) is 5.75 Å². The molecule has 3 rings (SSSR count). The molecular formula is C18H22O3. The van der Waals surface area contributed by atoms with Crippen molar-refractivity contribution >= 4 is 5.78 Å². The minimum absolute atomic E-state index is 0.264. The van der Waals surface area contributed by atoms with Crippen molar-refractivity contribution in [1.29, 1.82) is 0 Å². The zero-order valence-corrected chi connectivity index (χ0v) is 12.2. The Hall–Kier alpha value is -1.61. The lowest BCUT2D eigenvalue weighted by atomic mass is 9.91. The van der Waals surface area contributed by atoms with Crippen LogP contribution in [0.3, 0.4) is 0 Å². The molecule has 4 unspecified atom stereocenters. The predicted octanol–water partition coefficient (Wildman–Crippen LogP) is 2.99. The summed E-state index contributed by atoms with van der Waals surface area (Å²) in [7, 11) is 0. The summed E-state index contributed by atoms with van der Waals surface area (Å²) in [6.45, 7) is 0.264. The average molecular weight is 286 g/mol. The van der Waals surface area contributed by atoms with Crippen LogP contribution in [0.4, 0.5) is 0 Å². The molecule has 1 N–H and O–H groups in total. The van der Waals surface area contributed by atoms with E-state index in [0.717, 1.165) is 31.4 Å². The Balaban J connectivity index is 1.48. The number of benzene rings is 1. The van der Waals surface area contributed by atoms with E-state index in [4.69, 9.17) is 4.74 Å². The van der Waals surface area contributed by atoms with Gasteiger partial charge in [-0.2, -0.15) is 0 Å². The van der Waals surface area contributed by atoms with Gasteiger partial charge in [-0.15, -0.1) is 0 Å². The Morgan fingerprint density at radius 3 is 2.86 bits per heavy atom. The summed E-state index contributed by atoms with van der Waals surface area (Å²) in [4.78, 5) is 11.7. The van der Waals surface area contributed by atoms with Crippen molar-refractivity contribution in [1.82, 2.24) is 0 Å². The number of para-hydroxylation sites is 1. The van der Waals surface area contributed by atoms with Gasteiger partial charge in [0.25, 0.3) is 0 Å². The quantitative estimate of drug-likeness (QED) is 0.846. The van der Waals surface area contributed by atoms with Gasteiger partial charge in [-0.3, -0.25) is 4.79 Å². The summed E-state index contributed by atoms with van der Waals surface area (Å²) in [6.07, 6.45) is 7.20. The number of fused-ring (bicyclic) bond motifs is 1. The van der Waals surface area contributed by atoms with E-state index in [1.165, 1.54) is 0 Å². The second-order valence-electron chi connectivity index (χ2n) is 6.09. The van der Waals surface area contributed by atoms with E-state index in [-0.39, 0.29) is 12.5 Å². The van der Waals surface area contributed by atoms with Gasteiger partial charge in [0.05, 0.1) is 0 Å². The molecule has 2 aliphatic rings. The van der Waals surface area contributed by atoms with E-state index in [0.29, 0.717) is 17.6 Å². The van der Waals surface area contributed by atoms with Crippen molar-refractivity contribution in [3.05, 3.63) is 42.5 Å². The molecule has 1 aromatic rings. The maximum atomic E-state index is 11.7. The van der Waals surface area contributed by atoms with Crippen LogP contribution < -0.4 is 4.74 Å². The number of ketones is 1. The third kappa shape index (κ3) is 3.35. The maximum Gasteiger partial charge on any atom is 0.136 e. The first-order valence-electron chi connectivity index (χ1n) is 7.81. The van der Waals surface area contributed by atoms with Crippen LogP contribution in [0.15, 0.2) is 42.5 Å². The molecule has 0 saturated heterocycles. The molecule has 2 aliphatic carbocycles. The standard InChI is InChI=1S/C18H22O3/c19-14(12-21-15-4-2-1-3-5-15)8-6-13-7-9-17-16(13)10-11-18(17)20/h1-6,8,13-14,16-17,19H,7,9-12H2/b8-6+. The molecule has 0 heterocycles. The number of carbonyl (C=O) groups is 1. The van der Waals surface area contributed by atoms with Gasteiger partial charge in [-0.1, -0.05) is 30.4 Å². The van der Waals surface area contributed by atoms with Crippen LogP contribution in [0.2, 0.25) is 0 Å². The summed E-state index contributed by atoms with van der Waals surface area (Å²) >= 11 is 0. The molecule has 3 nitrogen and oxygen atoms in total. The summed E-state index contributed by atoms with van der Waals surface area (Å²) in [6, 6.07) is 9.51. The Morgan fingerprint density at radius 2 is 2.05 bits per heavy atom. The minimum atomic E-state index is -0.596. The Kier molecular flexibility index (Phi) is 4.39. The smallest absolute Gasteiger partial charge is 0.136 e. The first-order chi connectivity index (χ1) is 10.2. The molecule has 3 heteroatoms. The molecule has 1 aromatic carbocycles. The van der Waals surface area contributed by atoms with Gasteiger partial charge < -0.3 is 9.84 Å². The number of aliphatic hydroxyl groups excluding tert-OH is 1. The largest absolute Gasteiger partial charge is 0.491 e. The molecule has 21 heavy (non-hydrogen) atoms. The van der Waals surface area contributed by atoms with Crippen LogP contribution in [0.25, 0.3) is 0 Å². The Labute approximate surface area is 125 Å². The topological polar surface area (TPSA) is 46.5 Å². The lowest BCUT2D eigenvalue weighted by Crippen LogP contribution is -2.16. The van der Waals surface area contributed by atoms with E-state index in [1.54, 1.807) is 0 Å². The number of ether oxygens (including phenoxy) is 1. The zero-order chi connectivity index (χ0) is 14.7. The van der Waals surface area contributed by atoms with Gasteiger partial charge in [-0.05, 0) is 43.2 Å². The number of hydrogen-bond donors (Lipinski definition) is 1. The lowest BCUT2D eigenvalue weighted by molar-refractivity contribution is -0.120. The SMILES string of the molecule is O=C1CCC2C(/C=C/C(O)COc3ccccc3)CCC12. The molecule has 112 valence electrons. The van der Waals surface area contributed by atoms with E-state index >= 15 is 0 Å². The molecule has 0 aliphatic heterocycles. The zero-order valence-electron chi connectivity index (χ0n) is 12.2. The number of allylic oxidation sites excluding steroid dienone is 1. The highest BCUT2D eigenvalue weighted by Gasteiger charge is 2.42. The molecule has 0 bridgehead atoms. The van der Waals surface area contributed by atoms with E-state index < -0.39 is 6.10 Å². The van der Waals surface area contributed by atoms with Crippen LogP contribution >= 0.6 is 0 Å². The van der Waals surface area contributed by atoms with Gasteiger partial charge in [0, 0.05) is 12.3 Å². The summed E-state index contributed by atoms with van der Waals surface area (Å²) in [5.41, 5.74) is 0. The summed E-state index contributed by atoms with van der Waals surface area (Å²) in [5.74, 6) is 2.47. The molecule has 0 amide bonds. The van der Waals surface area contributed by atoms with Crippen LogP contribution in [-0.4, -0.2) is 23.6 Å². The number of Topliss-reactive ketones (excluding diaryl/α,β-unsaturated/α-hetero) is 1. The van der Waals surface area contributed by atoms with Crippen LogP contribution in [0.1, 0.15) is 25.7 Å². The molecule has 0 aromatic heterocycles. The molecule has 0 radical (unpaired) electrons. The van der Waals surface area contributed by atoms with Gasteiger partial charge >= 0.3 is 0 Å². The van der Waals surface area contributed by atoms with Crippen LogP contribution in [-0.2, 0) is 4.79 Å². The van der Waals surface area contributed by atoms with Crippen molar-refractivity contribution < 1.29 is 14.6 Å². The number of rotatable bonds is 5. The third-order valence-corrected chi connectivity index (χ3v) is 4.76. The summed E-state index contributed by atoms with van der Waals surface area (Å²) in [5, 5.41) is 9.98. The normalized spacial score (nSPS) is 29.8. The van der Waals surface area contributed by atoms with E-state index in [9.17, 15) is 9.90 Å². The number of aliphatic hydroxyl groups is 1. The fourth-order valence-electron chi connectivity index (χ4n) is 3.67. The number of carbonyl (C=O) groups excluding carboxylic acids is 1. The predicted molar refractivity (Wildman–Crippen MR) is 81.0 cm³/mol. The van der Waals surface area contributed by atoms with E-state index in [1.807, 2.05) is 36.4 Å². The van der Waals surface area contributed by atoms with Crippen LogP contribution in [0.5, 0.6) is 5.75 Å². The molecule has 0 spiro atoms. The van der Waals surface area contributed by atoms with Crippen molar-refractivity contribution in [2.45, 2.75) is 31.8 Å². The third-order valence-electron chi connectivity index (χ3n) is 4.76. The minimum Gasteiger partial charge on any atom is -0.491 e. The summed E-state index contributed by atoms with van der Waals surface area (Å²) < 4.78 is 5.53. The Bertz CT molecular complexity index is 508. The number of hydrogen-bond acceptors (Lipinski definition) is 3. The fraction of sp³-hybridized carbons (Fsp3) is 0.500. The van der Waals surface area contributed by atoms with Gasteiger partial charge in [-0.25, -0.2) is 0 Å². The molecule has 2 saturated carbocycles. The highest BCUT2D eigenvalue weighted by Crippen LogP contribution is 2.46.